The summed E-state index contributed by atoms with van der Waals surface area (Å²) in [5, 5.41) is 1.35. The maximum atomic E-state index is 12.5. The average molecular weight is 283 g/mol. The number of benzene rings is 1. The molecular formula is C15H13N3OS. The number of rotatable bonds is 4. The smallest absolute Gasteiger partial charge is 0.188 e. The molecule has 0 bridgehead atoms. The summed E-state index contributed by atoms with van der Waals surface area (Å²) in [5.74, 6) is 0.0832. The fraction of sp³-hybridized carbons (Fsp3) is 0.133. The van der Waals surface area contributed by atoms with Crippen LogP contribution in [0.5, 0.6) is 0 Å². The van der Waals surface area contributed by atoms with Gasteiger partial charge in [-0.3, -0.25) is 4.79 Å². The molecule has 0 fully saturated rings. The fourth-order valence-corrected chi connectivity index (χ4v) is 2.85. The molecule has 0 aliphatic rings. The Labute approximate surface area is 120 Å². The first-order valence-corrected chi connectivity index (χ1v) is 7.17. The van der Waals surface area contributed by atoms with E-state index in [1.54, 1.807) is 24.7 Å². The largest absolute Gasteiger partial charge is 0.360 e. The van der Waals surface area contributed by atoms with Crippen LogP contribution in [-0.2, 0) is 0 Å². The summed E-state index contributed by atoms with van der Waals surface area (Å²) in [6.07, 6.45) is 5.13. The maximum absolute atomic E-state index is 12.5. The summed E-state index contributed by atoms with van der Waals surface area (Å²) in [6, 6.07) is 9.56. The normalized spacial score (nSPS) is 12.4. The van der Waals surface area contributed by atoms with Gasteiger partial charge in [0.05, 0.1) is 5.25 Å². The molecule has 0 radical (unpaired) electrons. The van der Waals surface area contributed by atoms with Crippen LogP contribution in [0.1, 0.15) is 17.3 Å². The van der Waals surface area contributed by atoms with Crippen molar-refractivity contribution in [2.24, 2.45) is 0 Å². The summed E-state index contributed by atoms with van der Waals surface area (Å²) in [5.41, 5.74) is 1.69. The van der Waals surface area contributed by atoms with Crippen LogP contribution >= 0.6 is 11.8 Å². The zero-order chi connectivity index (χ0) is 13.9. The van der Waals surface area contributed by atoms with Gasteiger partial charge in [-0.15, -0.1) is 0 Å². The van der Waals surface area contributed by atoms with E-state index < -0.39 is 0 Å². The van der Waals surface area contributed by atoms with E-state index in [1.807, 2.05) is 31.2 Å². The minimum Gasteiger partial charge on any atom is -0.360 e. The lowest BCUT2D eigenvalue weighted by Gasteiger charge is -2.07. The fourth-order valence-electron chi connectivity index (χ4n) is 2.05. The number of carbonyl (C=O) groups is 1. The lowest BCUT2D eigenvalue weighted by Crippen LogP contribution is -2.13. The molecule has 3 aromatic rings. The number of hydrogen-bond donors (Lipinski definition) is 1. The first kappa shape index (κ1) is 12.9. The molecule has 0 unspecified atom stereocenters. The Bertz CT molecular complexity index is 739. The molecule has 4 nitrogen and oxygen atoms in total. The number of nitrogens with one attached hydrogen (secondary N) is 1. The number of para-hydroxylation sites is 1. The highest BCUT2D eigenvalue weighted by molar-refractivity contribution is 8.00. The summed E-state index contributed by atoms with van der Waals surface area (Å²) in [7, 11) is 0. The Morgan fingerprint density at radius 3 is 2.75 bits per heavy atom. The minimum atomic E-state index is -0.225. The number of aromatic nitrogens is 3. The highest BCUT2D eigenvalue weighted by Crippen LogP contribution is 2.25. The van der Waals surface area contributed by atoms with Crippen LogP contribution in [0.25, 0.3) is 10.9 Å². The van der Waals surface area contributed by atoms with Crippen LogP contribution in [0.15, 0.2) is 54.1 Å². The molecule has 5 heteroatoms. The van der Waals surface area contributed by atoms with Gasteiger partial charge in [-0.05, 0) is 19.1 Å². The monoisotopic (exact) mass is 283 g/mol. The zero-order valence-corrected chi connectivity index (χ0v) is 11.7. The molecule has 100 valence electrons. The maximum Gasteiger partial charge on any atom is 0.188 e. The predicted molar refractivity (Wildman–Crippen MR) is 80.0 cm³/mol. The number of hydrogen-bond acceptors (Lipinski definition) is 4. The van der Waals surface area contributed by atoms with E-state index in [1.165, 1.54) is 11.8 Å². The van der Waals surface area contributed by atoms with Gasteiger partial charge in [0.2, 0.25) is 0 Å². The van der Waals surface area contributed by atoms with Gasteiger partial charge < -0.3 is 4.98 Å². The van der Waals surface area contributed by atoms with Gasteiger partial charge >= 0.3 is 0 Å². The van der Waals surface area contributed by atoms with E-state index in [0.29, 0.717) is 5.16 Å². The Morgan fingerprint density at radius 2 is 1.95 bits per heavy atom. The van der Waals surface area contributed by atoms with Crippen molar-refractivity contribution in [3.8, 4) is 0 Å². The van der Waals surface area contributed by atoms with Gasteiger partial charge in [0.1, 0.15) is 0 Å². The highest BCUT2D eigenvalue weighted by Gasteiger charge is 2.20. The Hall–Kier alpha value is -2.14. The van der Waals surface area contributed by atoms with E-state index >= 15 is 0 Å². The molecule has 0 aliphatic carbocycles. The van der Waals surface area contributed by atoms with Crippen molar-refractivity contribution >= 4 is 28.4 Å². The van der Waals surface area contributed by atoms with E-state index in [4.69, 9.17) is 0 Å². The van der Waals surface area contributed by atoms with E-state index in [-0.39, 0.29) is 11.0 Å². The molecule has 3 rings (SSSR count). The van der Waals surface area contributed by atoms with Crippen molar-refractivity contribution in [3.63, 3.8) is 0 Å². The predicted octanol–water partition coefficient (Wildman–Crippen LogP) is 3.32. The Kier molecular flexibility index (Phi) is 3.52. The third-order valence-corrected chi connectivity index (χ3v) is 4.04. The SMILES string of the molecule is C[C@H](Sc1ncccn1)C(=O)c1c[nH]c2ccccc12. The molecule has 0 amide bonds. The second-order valence-corrected chi connectivity index (χ2v) is 5.71. The second-order valence-electron chi connectivity index (χ2n) is 4.40. The number of nitrogens with zero attached hydrogens (tertiary/aromatic N) is 2. The molecule has 2 heterocycles. The van der Waals surface area contributed by atoms with Crippen LogP contribution in [0.2, 0.25) is 0 Å². The van der Waals surface area contributed by atoms with Crippen molar-refractivity contribution in [3.05, 3.63) is 54.5 Å². The molecule has 1 atom stereocenters. The van der Waals surface area contributed by atoms with Crippen molar-refractivity contribution in [1.82, 2.24) is 15.0 Å². The van der Waals surface area contributed by atoms with Gasteiger partial charge in [0, 0.05) is 35.1 Å². The summed E-state index contributed by atoms with van der Waals surface area (Å²) in [6.45, 7) is 1.88. The zero-order valence-electron chi connectivity index (χ0n) is 10.9. The number of Topliss-reactive ketones (excluding diaryl/α,β-unsaturated/α-hetero) is 1. The van der Waals surface area contributed by atoms with Crippen LogP contribution in [-0.4, -0.2) is 26.0 Å². The van der Waals surface area contributed by atoms with Gasteiger partial charge in [-0.1, -0.05) is 30.0 Å². The number of thioether (sulfide) groups is 1. The molecule has 2 aromatic heterocycles. The van der Waals surface area contributed by atoms with Gasteiger partial charge in [-0.25, -0.2) is 9.97 Å². The quantitative estimate of drug-likeness (QED) is 0.453. The molecule has 0 saturated heterocycles. The van der Waals surface area contributed by atoms with E-state index in [2.05, 4.69) is 15.0 Å². The first-order valence-electron chi connectivity index (χ1n) is 6.29. The highest BCUT2D eigenvalue weighted by atomic mass is 32.2. The molecule has 20 heavy (non-hydrogen) atoms. The van der Waals surface area contributed by atoms with Crippen LogP contribution in [0, 0.1) is 0 Å². The lowest BCUT2D eigenvalue weighted by molar-refractivity contribution is 0.0995. The number of H-pyrrole nitrogens is 1. The third kappa shape index (κ3) is 2.44. The van der Waals surface area contributed by atoms with Crippen LogP contribution in [0.4, 0.5) is 0 Å². The van der Waals surface area contributed by atoms with Gasteiger partial charge in [0.15, 0.2) is 10.9 Å². The van der Waals surface area contributed by atoms with Crippen molar-refractivity contribution < 1.29 is 4.79 Å². The molecular weight excluding hydrogens is 270 g/mol. The molecule has 0 spiro atoms. The third-order valence-electron chi connectivity index (χ3n) is 3.05. The first-order chi connectivity index (χ1) is 9.75. The second kappa shape index (κ2) is 5.46. The van der Waals surface area contributed by atoms with Gasteiger partial charge in [-0.2, -0.15) is 0 Å². The van der Waals surface area contributed by atoms with Gasteiger partial charge in [0.25, 0.3) is 0 Å². The van der Waals surface area contributed by atoms with E-state index in [0.717, 1.165) is 16.5 Å². The standard InChI is InChI=1S/C15H13N3OS/c1-10(20-15-16-7-4-8-17-15)14(19)12-9-18-13-6-3-2-5-11(12)13/h2-10,18H,1H3/t10-/m0/s1. The Balaban J connectivity index is 1.85. The van der Waals surface area contributed by atoms with Crippen LogP contribution in [0.3, 0.4) is 0 Å². The molecule has 1 aromatic carbocycles. The number of fused-ring (bicyclic) bond motifs is 1. The van der Waals surface area contributed by atoms with Crippen molar-refractivity contribution in [2.45, 2.75) is 17.3 Å². The number of carbonyl (C=O) groups excluding carboxylic acids is 1. The molecule has 1 N–H and O–H groups in total. The summed E-state index contributed by atoms with van der Waals surface area (Å²) >= 11 is 1.37. The average Bonchev–Trinajstić information content (AvgIpc) is 2.91. The molecule has 0 saturated carbocycles. The molecule has 0 aliphatic heterocycles. The van der Waals surface area contributed by atoms with Crippen molar-refractivity contribution in [1.29, 1.82) is 0 Å². The number of aromatic amines is 1. The minimum absolute atomic E-state index is 0.0832. The van der Waals surface area contributed by atoms with Crippen molar-refractivity contribution in [2.75, 3.05) is 0 Å². The summed E-state index contributed by atoms with van der Waals surface area (Å²) in [4.78, 5) is 23.9. The Morgan fingerprint density at radius 1 is 1.20 bits per heavy atom. The number of ketones is 1. The topological polar surface area (TPSA) is 58.6 Å². The lowest BCUT2D eigenvalue weighted by atomic mass is 10.1. The van der Waals surface area contributed by atoms with Crippen LogP contribution < -0.4 is 0 Å². The van der Waals surface area contributed by atoms with E-state index in [9.17, 15) is 4.79 Å². The summed E-state index contributed by atoms with van der Waals surface area (Å²) < 4.78 is 0.